The first-order valence-corrected chi connectivity index (χ1v) is 7.97. The van der Waals surface area contributed by atoms with Gasteiger partial charge in [0.1, 0.15) is 11.6 Å². The minimum atomic E-state index is 0.238. The first kappa shape index (κ1) is 14.7. The van der Waals surface area contributed by atoms with E-state index in [0.717, 1.165) is 46.4 Å². The molecule has 1 N–H and O–H groups in total. The summed E-state index contributed by atoms with van der Waals surface area (Å²) in [5.41, 5.74) is 4.10. The van der Waals surface area contributed by atoms with Gasteiger partial charge in [0.2, 0.25) is 0 Å². The zero-order chi connectivity index (χ0) is 16.7. The van der Waals surface area contributed by atoms with Crippen molar-refractivity contribution in [3.63, 3.8) is 0 Å². The highest BCUT2D eigenvalue weighted by Crippen LogP contribution is 2.35. The lowest BCUT2D eigenvalue weighted by Gasteiger charge is -2.13. The summed E-state index contributed by atoms with van der Waals surface area (Å²) >= 11 is 0. The van der Waals surface area contributed by atoms with Crippen LogP contribution in [0.4, 0.5) is 5.69 Å². The molecule has 0 radical (unpaired) electrons. The molecule has 0 bridgehead atoms. The SMILES string of the molecule is COc1ccc2c(c1)NC[C@@H](C)c1nnc(-c3cncc(C)c3)n1-2. The minimum absolute atomic E-state index is 0.238. The molecule has 0 unspecified atom stereocenters. The molecule has 1 aromatic carbocycles. The Morgan fingerprint density at radius 2 is 2.08 bits per heavy atom. The van der Waals surface area contributed by atoms with Gasteiger partial charge in [-0.2, -0.15) is 0 Å². The Balaban J connectivity index is 1.96. The highest BCUT2D eigenvalue weighted by atomic mass is 16.5. The maximum atomic E-state index is 5.36. The van der Waals surface area contributed by atoms with E-state index in [-0.39, 0.29) is 5.92 Å². The first-order chi connectivity index (χ1) is 11.7. The van der Waals surface area contributed by atoms with E-state index in [0.29, 0.717) is 0 Å². The van der Waals surface area contributed by atoms with Crippen LogP contribution in [0.2, 0.25) is 0 Å². The monoisotopic (exact) mass is 321 g/mol. The minimum Gasteiger partial charge on any atom is -0.497 e. The highest BCUT2D eigenvalue weighted by Gasteiger charge is 2.25. The fourth-order valence-electron chi connectivity index (χ4n) is 3.05. The summed E-state index contributed by atoms with van der Waals surface area (Å²) in [5, 5.41) is 12.4. The number of rotatable bonds is 2. The van der Waals surface area contributed by atoms with E-state index in [1.807, 2.05) is 37.5 Å². The van der Waals surface area contributed by atoms with Gasteiger partial charge in [-0.05, 0) is 30.7 Å². The predicted octanol–water partition coefficient (Wildman–Crippen LogP) is 3.18. The molecule has 4 rings (SSSR count). The van der Waals surface area contributed by atoms with Crippen molar-refractivity contribution in [2.45, 2.75) is 19.8 Å². The number of aryl methyl sites for hydroxylation is 1. The third kappa shape index (κ3) is 2.31. The Kier molecular flexibility index (Phi) is 3.45. The molecule has 0 saturated heterocycles. The molecule has 1 aliphatic rings. The average molecular weight is 321 g/mol. The van der Waals surface area contributed by atoms with Crippen LogP contribution >= 0.6 is 0 Å². The van der Waals surface area contributed by atoms with E-state index >= 15 is 0 Å². The van der Waals surface area contributed by atoms with Crippen LogP contribution in [0, 0.1) is 6.92 Å². The summed E-state index contributed by atoms with van der Waals surface area (Å²) in [6, 6.07) is 8.09. The fraction of sp³-hybridized carbons (Fsp3) is 0.278. The lowest BCUT2D eigenvalue weighted by molar-refractivity contribution is 0.415. The zero-order valence-corrected chi connectivity index (χ0v) is 13.9. The predicted molar refractivity (Wildman–Crippen MR) is 92.8 cm³/mol. The molecule has 1 atom stereocenters. The lowest BCUT2D eigenvalue weighted by Crippen LogP contribution is -2.09. The molecule has 6 heteroatoms. The second-order valence-corrected chi connectivity index (χ2v) is 6.13. The summed E-state index contributed by atoms with van der Waals surface area (Å²) in [6.45, 7) is 4.97. The van der Waals surface area contributed by atoms with E-state index in [1.165, 1.54) is 0 Å². The van der Waals surface area contributed by atoms with E-state index in [4.69, 9.17) is 4.74 Å². The van der Waals surface area contributed by atoms with Crippen LogP contribution in [0.1, 0.15) is 24.2 Å². The molecule has 0 fully saturated rings. The number of anilines is 1. The molecule has 1 aliphatic heterocycles. The third-order valence-corrected chi connectivity index (χ3v) is 4.31. The second kappa shape index (κ2) is 5.63. The van der Waals surface area contributed by atoms with Crippen molar-refractivity contribution in [2.24, 2.45) is 0 Å². The molecule has 0 saturated carbocycles. The normalized spacial score (nSPS) is 15.9. The van der Waals surface area contributed by atoms with Crippen LogP contribution in [-0.4, -0.2) is 33.4 Å². The standard InChI is InChI=1S/C18H19N5O/c1-11-6-13(10-19-8-11)18-22-21-17-12(2)9-20-15-7-14(24-3)4-5-16(15)23(17)18/h4-8,10,12,20H,9H2,1-3H3/t12-/m1/s1. The van der Waals surface area contributed by atoms with Gasteiger partial charge in [-0.25, -0.2) is 0 Å². The van der Waals surface area contributed by atoms with Crippen LogP contribution in [0.15, 0.2) is 36.7 Å². The fourth-order valence-corrected chi connectivity index (χ4v) is 3.05. The summed E-state index contributed by atoms with van der Waals surface area (Å²) in [5.74, 6) is 2.82. The molecule has 24 heavy (non-hydrogen) atoms. The van der Waals surface area contributed by atoms with Crippen LogP contribution in [-0.2, 0) is 0 Å². The number of ether oxygens (including phenoxy) is 1. The van der Waals surface area contributed by atoms with Crippen molar-refractivity contribution in [1.29, 1.82) is 0 Å². The number of methoxy groups -OCH3 is 1. The third-order valence-electron chi connectivity index (χ3n) is 4.31. The number of fused-ring (bicyclic) bond motifs is 3. The van der Waals surface area contributed by atoms with Gasteiger partial charge in [-0.15, -0.1) is 10.2 Å². The molecule has 2 aromatic heterocycles. The topological polar surface area (TPSA) is 64.9 Å². The van der Waals surface area contributed by atoms with E-state index < -0.39 is 0 Å². The Bertz CT molecular complexity index is 902. The largest absolute Gasteiger partial charge is 0.497 e. The van der Waals surface area contributed by atoms with Gasteiger partial charge in [0.05, 0.1) is 18.5 Å². The molecule has 3 heterocycles. The molecular formula is C18H19N5O. The van der Waals surface area contributed by atoms with Gasteiger partial charge in [0.15, 0.2) is 5.82 Å². The molecule has 0 amide bonds. The number of benzene rings is 1. The summed E-state index contributed by atoms with van der Waals surface area (Å²) in [4.78, 5) is 4.30. The lowest BCUT2D eigenvalue weighted by atomic mass is 10.1. The van der Waals surface area contributed by atoms with Crippen molar-refractivity contribution < 1.29 is 4.74 Å². The molecule has 6 nitrogen and oxygen atoms in total. The Morgan fingerprint density at radius 1 is 1.21 bits per heavy atom. The summed E-state index contributed by atoms with van der Waals surface area (Å²) < 4.78 is 7.48. The first-order valence-electron chi connectivity index (χ1n) is 7.97. The van der Waals surface area contributed by atoms with Crippen LogP contribution < -0.4 is 10.1 Å². The van der Waals surface area contributed by atoms with Gasteiger partial charge in [-0.1, -0.05) is 6.92 Å². The van der Waals surface area contributed by atoms with E-state index in [2.05, 4.69) is 38.1 Å². The van der Waals surface area contributed by atoms with Gasteiger partial charge < -0.3 is 10.1 Å². The van der Waals surface area contributed by atoms with Crippen molar-refractivity contribution in [1.82, 2.24) is 19.7 Å². The number of nitrogens with zero attached hydrogens (tertiary/aromatic N) is 4. The van der Waals surface area contributed by atoms with E-state index in [1.54, 1.807) is 7.11 Å². The maximum Gasteiger partial charge on any atom is 0.170 e. The number of hydrogen-bond donors (Lipinski definition) is 1. The number of nitrogens with one attached hydrogen (secondary N) is 1. The molecule has 0 aliphatic carbocycles. The van der Waals surface area contributed by atoms with Gasteiger partial charge in [0, 0.05) is 36.5 Å². The van der Waals surface area contributed by atoms with Crippen LogP contribution in [0.25, 0.3) is 17.1 Å². The highest BCUT2D eigenvalue weighted by molar-refractivity contribution is 5.69. The smallest absolute Gasteiger partial charge is 0.170 e. The quantitative estimate of drug-likeness (QED) is 0.785. The average Bonchev–Trinajstić information content (AvgIpc) is 2.99. The van der Waals surface area contributed by atoms with Crippen LogP contribution in [0.5, 0.6) is 5.75 Å². The van der Waals surface area contributed by atoms with Crippen molar-refractivity contribution in [2.75, 3.05) is 19.0 Å². The maximum absolute atomic E-state index is 5.36. The van der Waals surface area contributed by atoms with Crippen molar-refractivity contribution in [3.05, 3.63) is 48.0 Å². The summed E-state index contributed by atoms with van der Waals surface area (Å²) in [7, 11) is 1.68. The second-order valence-electron chi connectivity index (χ2n) is 6.13. The van der Waals surface area contributed by atoms with Crippen LogP contribution in [0.3, 0.4) is 0 Å². The molecular weight excluding hydrogens is 302 g/mol. The number of pyridine rings is 1. The van der Waals surface area contributed by atoms with Gasteiger partial charge in [-0.3, -0.25) is 9.55 Å². The summed E-state index contributed by atoms with van der Waals surface area (Å²) in [6.07, 6.45) is 3.67. The molecule has 0 spiro atoms. The van der Waals surface area contributed by atoms with Gasteiger partial charge in [0.25, 0.3) is 0 Å². The Hall–Kier alpha value is -2.89. The van der Waals surface area contributed by atoms with E-state index in [9.17, 15) is 0 Å². The van der Waals surface area contributed by atoms with Gasteiger partial charge >= 0.3 is 0 Å². The van der Waals surface area contributed by atoms with Crippen molar-refractivity contribution >= 4 is 5.69 Å². The van der Waals surface area contributed by atoms with Crippen molar-refractivity contribution in [3.8, 4) is 22.8 Å². The Morgan fingerprint density at radius 3 is 2.88 bits per heavy atom. The molecule has 122 valence electrons. The zero-order valence-electron chi connectivity index (χ0n) is 13.9. The Labute approximate surface area is 140 Å². The molecule has 3 aromatic rings. The number of hydrogen-bond acceptors (Lipinski definition) is 5. The number of aromatic nitrogens is 4.